The van der Waals surface area contributed by atoms with Crippen molar-refractivity contribution in [3.05, 3.63) is 82.8 Å². The first-order valence-electron chi connectivity index (χ1n) is 13.1. The van der Waals surface area contributed by atoms with Crippen molar-refractivity contribution in [3.63, 3.8) is 0 Å². The summed E-state index contributed by atoms with van der Waals surface area (Å²) in [6.07, 6.45) is 1.33. The molecule has 4 rings (SSSR count). The average molecular weight is 591 g/mol. The topological polar surface area (TPSA) is 167 Å². The van der Waals surface area contributed by atoms with E-state index in [1.807, 2.05) is 0 Å². The highest BCUT2D eigenvalue weighted by atomic mass is 16.5. The maximum Gasteiger partial charge on any atom is 0.338 e. The molecule has 2 aromatic carbocycles. The molecule has 1 aliphatic heterocycles. The molecule has 3 N–H and O–H groups in total. The first-order chi connectivity index (χ1) is 20.7. The number of hydrogen-bond donors (Lipinski definition) is 3. The molecule has 0 saturated heterocycles. The maximum absolute atomic E-state index is 12.4. The highest BCUT2D eigenvalue weighted by Gasteiger charge is 2.32. The van der Waals surface area contributed by atoms with Crippen LogP contribution in [0.1, 0.15) is 41.6 Å². The van der Waals surface area contributed by atoms with Crippen LogP contribution in [0.3, 0.4) is 0 Å². The third-order valence-corrected chi connectivity index (χ3v) is 6.22. The molecule has 43 heavy (non-hydrogen) atoms. The third-order valence-electron chi connectivity index (χ3n) is 6.22. The van der Waals surface area contributed by atoms with Crippen LogP contribution < -0.4 is 25.5 Å². The van der Waals surface area contributed by atoms with E-state index in [1.54, 1.807) is 68.4 Å². The Labute approximate surface area is 246 Å². The van der Waals surface area contributed by atoms with E-state index in [9.17, 15) is 19.2 Å². The van der Waals surface area contributed by atoms with Gasteiger partial charge in [0.15, 0.2) is 18.1 Å². The van der Waals surface area contributed by atoms with E-state index in [2.05, 4.69) is 21.2 Å². The van der Waals surface area contributed by atoms with Crippen LogP contribution in [0.4, 0.5) is 4.79 Å². The van der Waals surface area contributed by atoms with Gasteiger partial charge in [-0.1, -0.05) is 18.2 Å². The molecule has 13 heteroatoms. The van der Waals surface area contributed by atoms with Crippen LogP contribution >= 0.6 is 0 Å². The number of furan rings is 1. The zero-order chi connectivity index (χ0) is 30.9. The Kier molecular flexibility index (Phi) is 9.78. The molecule has 2 heterocycles. The summed E-state index contributed by atoms with van der Waals surface area (Å²) in [5.41, 5.74) is 4.58. The van der Waals surface area contributed by atoms with Crippen LogP contribution in [0.2, 0.25) is 0 Å². The van der Waals surface area contributed by atoms with Gasteiger partial charge in [0.05, 0.1) is 44.2 Å². The molecule has 0 unspecified atom stereocenters. The standard InChI is InChI=1S/C30H30N4O9/c1-5-41-28(36)20-8-6-7-18(13-20)22-12-10-21(43-22)15-31-34-25(35)16-42-23-11-9-19(14-24(23)39-3)27-26(29(37)40-4)17(2)32-30(38)33-27/h6-15,27H,5,16H2,1-4H3,(H,34,35)(H2,32,33,38)/b31-15-/t27-/m1/s1. The molecule has 0 saturated carbocycles. The number of hydrazone groups is 1. The summed E-state index contributed by atoms with van der Waals surface area (Å²) in [5, 5.41) is 9.15. The van der Waals surface area contributed by atoms with Gasteiger partial charge in [-0.3, -0.25) is 4.79 Å². The van der Waals surface area contributed by atoms with Crippen LogP contribution in [0, 0.1) is 0 Å². The molecule has 1 aromatic heterocycles. The summed E-state index contributed by atoms with van der Waals surface area (Å²) in [7, 11) is 2.67. The number of allylic oxidation sites excluding steroid dienone is 1. The van der Waals surface area contributed by atoms with Crippen molar-refractivity contribution in [1.29, 1.82) is 0 Å². The van der Waals surface area contributed by atoms with E-state index in [0.29, 0.717) is 33.9 Å². The van der Waals surface area contributed by atoms with E-state index in [1.165, 1.54) is 20.4 Å². The van der Waals surface area contributed by atoms with Gasteiger partial charge in [0.1, 0.15) is 11.5 Å². The zero-order valence-corrected chi connectivity index (χ0v) is 23.9. The first-order valence-corrected chi connectivity index (χ1v) is 13.1. The van der Waals surface area contributed by atoms with Crippen LogP contribution in [0.5, 0.6) is 11.5 Å². The summed E-state index contributed by atoms with van der Waals surface area (Å²) < 4.78 is 26.7. The number of esters is 2. The first kappa shape index (κ1) is 30.4. The summed E-state index contributed by atoms with van der Waals surface area (Å²) in [6, 6.07) is 13.7. The molecule has 0 bridgehead atoms. The Morgan fingerprint density at radius 2 is 1.86 bits per heavy atom. The SMILES string of the molecule is CCOC(=O)c1cccc(-c2ccc(/C=N\NC(=O)COc3ccc([C@H]4NC(=O)NC(C)=C4C(=O)OC)cc3OC)o2)c1. The van der Waals surface area contributed by atoms with Crippen molar-refractivity contribution in [2.24, 2.45) is 5.10 Å². The highest BCUT2D eigenvalue weighted by molar-refractivity contribution is 5.95. The number of urea groups is 1. The smallest absolute Gasteiger partial charge is 0.338 e. The number of methoxy groups -OCH3 is 2. The number of benzene rings is 2. The summed E-state index contributed by atoms with van der Waals surface area (Å²) in [6.45, 7) is 3.23. The number of nitrogens with one attached hydrogen (secondary N) is 3. The normalized spacial score (nSPS) is 14.5. The van der Waals surface area contributed by atoms with Gasteiger partial charge >= 0.3 is 18.0 Å². The van der Waals surface area contributed by atoms with Crippen LogP contribution in [0.15, 0.2) is 75.4 Å². The van der Waals surface area contributed by atoms with E-state index < -0.39 is 29.9 Å². The van der Waals surface area contributed by atoms with Crippen molar-refractivity contribution < 1.29 is 42.5 Å². The molecular weight excluding hydrogens is 560 g/mol. The minimum absolute atomic E-state index is 0.240. The number of nitrogens with zero attached hydrogens (tertiary/aromatic N) is 1. The Morgan fingerprint density at radius 3 is 2.60 bits per heavy atom. The number of amides is 3. The number of carbonyl (C=O) groups is 4. The summed E-state index contributed by atoms with van der Waals surface area (Å²) in [4.78, 5) is 48.8. The van der Waals surface area contributed by atoms with E-state index in [-0.39, 0.29) is 30.3 Å². The fraction of sp³-hybridized carbons (Fsp3) is 0.233. The molecule has 0 aliphatic carbocycles. The van der Waals surface area contributed by atoms with Crippen LogP contribution in [-0.4, -0.2) is 57.5 Å². The van der Waals surface area contributed by atoms with E-state index >= 15 is 0 Å². The van der Waals surface area contributed by atoms with E-state index in [4.69, 9.17) is 23.4 Å². The average Bonchev–Trinajstić information content (AvgIpc) is 3.48. The number of carbonyl (C=O) groups excluding carboxylic acids is 4. The van der Waals surface area contributed by atoms with Crippen LogP contribution in [0.25, 0.3) is 11.3 Å². The Hall–Kier alpha value is -5.59. The number of rotatable bonds is 11. The molecule has 0 spiro atoms. The molecule has 13 nitrogen and oxygen atoms in total. The van der Waals surface area contributed by atoms with Gasteiger partial charge in [-0.05, 0) is 55.8 Å². The monoisotopic (exact) mass is 590 g/mol. The maximum atomic E-state index is 12.4. The molecule has 0 fully saturated rings. The van der Waals surface area contributed by atoms with Gasteiger partial charge in [0.2, 0.25) is 0 Å². The third kappa shape index (κ3) is 7.38. The molecule has 1 aliphatic rings. The van der Waals surface area contributed by atoms with Gasteiger partial charge in [-0.25, -0.2) is 19.8 Å². The van der Waals surface area contributed by atoms with Crippen molar-refractivity contribution in [2.45, 2.75) is 19.9 Å². The Morgan fingerprint density at radius 1 is 1.05 bits per heavy atom. The summed E-state index contributed by atoms with van der Waals surface area (Å²) >= 11 is 0. The lowest BCUT2D eigenvalue weighted by atomic mass is 9.95. The second kappa shape index (κ2) is 13.9. The molecule has 224 valence electrons. The predicted molar refractivity (Wildman–Crippen MR) is 153 cm³/mol. The highest BCUT2D eigenvalue weighted by Crippen LogP contribution is 2.34. The predicted octanol–water partition coefficient (Wildman–Crippen LogP) is 3.46. The second-order valence-corrected chi connectivity index (χ2v) is 9.06. The lowest BCUT2D eigenvalue weighted by molar-refractivity contribution is -0.136. The quantitative estimate of drug-likeness (QED) is 0.172. The van der Waals surface area contributed by atoms with Gasteiger partial charge < -0.3 is 34.0 Å². The minimum Gasteiger partial charge on any atom is -0.493 e. The molecule has 3 aromatic rings. The van der Waals surface area contributed by atoms with Crippen molar-refractivity contribution in [2.75, 3.05) is 27.4 Å². The number of ether oxygens (including phenoxy) is 4. The molecule has 3 amide bonds. The summed E-state index contributed by atoms with van der Waals surface area (Å²) in [5.74, 6) is -0.160. The fourth-order valence-corrected chi connectivity index (χ4v) is 4.24. The number of hydrogen-bond acceptors (Lipinski definition) is 10. The lowest BCUT2D eigenvalue weighted by Crippen LogP contribution is -2.45. The lowest BCUT2D eigenvalue weighted by Gasteiger charge is -2.28. The van der Waals surface area contributed by atoms with Gasteiger partial charge in [0.25, 0.3) is 5.91 Å². The Balaban J connectivity index is 1.36. The Bertz CT molecular complexity index is 1590. The van der Waals surface area contributed by atoms with Crippen LogP contribution in [-0.2, 0) is 19.1 Å². The van der Waals surface area contributed by atoms with Crippen molar-refractivity contribution >= 4 is 30.1 Å². The molecule has 0 radical (unpaired) electrons. The second-order valence-electron chi connectivity index (χ2n) is 9.06. The van der Waals surface area contributed by atoms with Gasteiger partial charge in [-0.2, -0.15) is 5.10 Å². The van der Waals surface area contributed by atoms with E-state index in [0.717, 1.165) is 0 Å². The molecular formula is C30H30N4O9. The minimum atomic E-state index is -0.787. The van der Waals surface area contributed by atoms with Gasteiger partial charge in [0, 0.05) is 11.3 Å². The molecule has 1 atom stereocenters. The zero-order valence-electron chi connectivity index (χ0n) is 23.9. The van der Waals surface area contributed by atoms with Crippen molar-refractivity contribution in [3.8, 4) is 22.8 Å². The van der Waals surface area contributed by atoms with Gasteiger partial charge in [-0.15, -0.1) is 0 Å². The van der Waals surface area contributed by atoms with Crippen molar-refractivity contribution in [1.82, 2.24) is 16.1 Å². The largest absolute Gasteiger partial charge is 0.493 e. The fourth-order valence-electron chi connectivity index (χ4n) is 4.24.